The van der Waals surface area contributed by atoms with Gasteiger partial charge in [-0.15, -0.1) is 0 Å². The van der Waals surface area contributed by atoms with Crippen LogP contribution in [0.1, 0.15) is 12.5 Å². The summed E-state index contributed by atoms with van der Waals surface area (Å²) in [7, 11) is 1.58. The zero-order valence-corrected chi connectivity index (χ0v) is 10.4. The van der Waals surface area contributed by atoms with Crippen molar-refractivity contribution in [2.24, 2.45) is 0 Å². The lowest BCUT2D eigenvalue weighted by atomic mass is 10.1. The molecule has 1 aromatic rings. The van der Waals surface area contributed by atoms with Crippen LogP contribution < -0.4 is 10.1 Å². The van der Waals surface area contributed by atoms with Gasteiger partial charge in [0.2, 0.25) is 0 Å². The van der Waals surface area contributed by atoms with Gasteiger partial charge >= 0.3 is 0 Å². The van der Waals surface area contributed by atoms with Crippen molar-refractivity contribution in [3.63, 3.8) is 0 Å². The number of methoxy groups -OCH3 is 1. The molecule has 3 nitrogen and oxygen atoms in total. The average molecular weight is 244 g/mol. The van der Waals surface area contributed by atoms with E-state index >= 15 is 0 Å². The molecule has 0 heterocycles. The zero-order valence-electron chi connectivity index (χ0n) is 9.66. The SMILES string of the molecule is CCNCC(O)Cc1ccc(OC)c(Cl)c1. The first-order chi connectivity index (χ1) is 7.67. The summed E-state index contributed by atoms with van der Waals surface area (Å²) in [5, 5.41) is 13.4. The Hall–Kier alpha value is -0.770. The zero-order chi connectivity index (χ0) is 12.0. The Bertz CT molecular complexity index is 331. The minimum absolute atomic E-state index is 0.385. The topological polar surface area (TPSA) is 41.5 Å². The van der Waals surface area contributed by atoms with E-state index in [0.717, 1.165) is 12.1 Å². The molecule has 1 unspecified atom stereocenters. The number of aliphatic hydroxyl groups is 1. The Morgan fingerprint density at radius 2 is 2.25 bits per heavy atom. The van der Waals surface area contributed by atoms with Crippen molar-refractivity contribution < 1.29 is 9.84 Å². The van der Waals surface area contributed by atoms with E-state index < -0.39 is 0 Å². The van der Waals surface area contributed by atoms with Crippen LogP contribution in [0.5, 0.6) is 5.75 Å². The van der Waals surface area contributed by atoms with Crippen molar-refractivity contribution in [1.82, 2.24) is 5.32 Å². The number of ether oxygens (including phenoxy) is 1. The maximum Gasteiger partial charge on any atom is 0.137 e. The van der Waals surface area contributed by atoms with Crippen molar-refractivity contribution in [3.05, 3.63) is 28.8 Å². The number of rotatable bonds is 6. The van der Waals surface area contributed by atoms with Crippen molar-refractivity contribution >= 4 is 11.6 Å². The Kier molecular flexibility index (Phi) is 5.60. The van der Waals surface area contributed by atoms with E-state index in [2.05, 4.69) is 5.32 Å². The fraction of sp³-hybridized carbons (Fsp3) is 0.500. The fourth-order valence-corrected chi connectivity index (χ4v) is 1.77. The molecular weight excluding hydrogens is 226 g/mol. The summed E-state index contributed by atoms with van der Waals surface area (Å²) < 4.78 is 5.06. The van der Waals surface area contributed by atoms with Crippen LogP contribution in [0.15, 0.2) is 18.2 Å². The van der Waals surface area contributed by atoms with Gasteiger partial charge in [-0.3, -0.25) is 0 Å². The van der Waals surface area contributed by atoms with E-state index in [1.807, 2.05) is 25.1 Å². The molecule has 4 heteroatoms. The maximum absolute atomic E-state index is 9.71. The van der Waals surface area contributed by atoms with Crippen molar-refractivity contribution in [3.8, 4) is 5.75 Å². The molecule has 90 valence electrons. The number of hydrogen-bond acceptors (Lipinski definition) is 3. The Balaban J connectivity index is 2.57. The smallest absolute Gasteiger partial charge is 0.137 e. The molecule has 0 aliphatic heterocycles. The molecule has 16 heavy (non-hydrogen) atoms. The Morgan fingerprint density at radius 1 is 1.50 bits per heavy atom. The van der Waals surface area contributed by atoms with Gasteiger partial charge < -0.3 is 15.2 Å². The van der Waals surface area contributed by atoms with Crippen LogP contribution in [-0.4, -0.2) is 31.4 Å². The molecule has 0 amide bonds. The highest BCUT2D eigenvalue weighted by molar-refractivity contribution is 6.32. The van der Waals surface area contributed by atoms with E-state index in [4.69, 9.17) is 16.3 Å². The van der Waals surface area contributed by atoms with Gasteiger partial charge in [-0.25, -0.2) is 0 Å². The van der Waals surface area contributed by atoms with Crippen LogP contribution in [0.25, 0.3) is 0 Å². The van der Waals surface area contributed by atoms with Crippen molar-refractivity contribution in [2.45, 2.75) is 19.4 Å². The van der Waals surface area contributed by atoms with E-state index in [-0.39, 0.29) is 6.10 Å². The molecule has 0 aliphatic carbocycles. The number of likely N-dealkylation sites (N-methyl/N-ethyl adjacent to an activating group) is 1. The second kappa shape index (κ2) is 6.74. The first-order valence-corrected chi connectivity index (χ1v) is 5.76. The standard InChI is InChI=1S/C12H18ClNO2/c1-3-14-8-10(15)6-9-4-5-12(16-2)11(13)7-9/h4-5,7,10,14-15H,3,6,8H2,1-2H3. The lowest BCUT2D eigenvalue weighted by Crippen LogP contribution is -2.28. The third-order valence-electron chi connectivity index (χ3n) is 2.32. The van der Waals surface area contributed by atoms with Crippen molar-refractivity contribution in [2.75, 3.05) is 20.2 Å². The van der Waals surface area contributed by atoms with Gasteiger partial charge in [-0.05, 0) is 30.7 Å². The molecule has 0 radical (unpaired) electrons. The molecule has 0 fully saturated rings. The lowest BCUT2D eigenvalue weighted by Gasteiger charge is -2.12. The quantitative estimate of drug-likeness (QED) is 0.802. The normalized spacial score (nSPS) is 12.5. The van der Waals surface area contributed by atoms with Crippen LogP contribution in [0.4, 0.5) is 0 Å². The minimum Gasteiger partial charge on any atom is -0.495 e. The molecule has 2 N–H and O–H groups in total. The first-order valence-electron chi connectivity index (χ1n) is 5.38. The molecule has 1 aromatic carbocycles. The number of hydrogen-bond donors (Lipinski definition) is 2. The van der Waals surface area contributed by atoms with Crippen LogP contribution in [0.3, 0.4) is 0 Å². The van der Waals surface area contributed by atoms with E-state index in [1.165, 1.54) is 0 Å². The van der Waals surface area contributed by atoms with Gasteiger partial charge in [0.25, 0.3) is 0 Å². The lowest BCUT2D eigenvalue weighted by molar-refractivity contribution is 0.172. The van der Waals surface area contributed by atoms with Crippen LogP contribution >= 0.6 is 11.6 Å². The number of benzene rings is 1. The number of aliphatic hydroxyl groups excluding tert-OH is 1. The summed E-state index contributed by atoms with van der Waals surface area (Å²) in [4.78, 5) is 0. The summed E-state index contributed by atoms with van der Waals surface area (Å²) in [5.41, 5.74) is 1.01. The highest BCUT2D eigenvalue weighted by Gasteiger charge is 2.07. The average Bonchev–Trinajstić information content (AvgIpc) is 2.26. The predicted octanol–water partition coefficient (Wildman–Crippen LogP) is 1.86. The third-order valence-corrected chi connectivity index (χ3v) is 2.61. The second-order valence-electron chi connectivity index (χ2n) is 3.63. The summed E-state index contributed by atoms with van der Waals surface area (Å²) in [5.74, 6) is 0.659. The highest BCUT2D eigenvalue weighted by Crippen LogP contribution is 2.25. The molecule has 0 spiro atoms. The molecule has 1 atom stereocenters. The van der Waals surface area contributed by atoms with Gasteiger partial charge in [0.1, 0.15) is 5.75 Å². The van der Waals surface area contributed by atoms with Gasteiger partial charge in [-0.2, -0.15) is 0 Å². The number of halogens is 1. The van der Waals surface area contributed by atoms with Crippen LogP contribution in [-0.2, 0) is 6.42 Å². The molecule has 0 saturated heterocycles. The van der Waals surface area contributed by atoms with Gasteiger partial charge in [-0.1, -0.05) is 24.6 Å². The van der Waals surface area contributed by atoms with Gasteiger partial charge in [0.15, 0.2) is 0 Å². The first kappa shape index (κ1) is 13.3. The number of nitrogens with one attached hydrogen (secondary N) is 1. The predicted molar refractivity (Wildman–Crippen MR) is 66.3 cm³/mol. The summed E-state index contributed by atoms with van der Waals surface area (Å²) in [6, 6.07) is 5.56. The fourth-order valence-electron chi connectivity index (χ4n) is 1.49. The largest absolute Gasteiger partial charge is 0.495 e. The van der Waals surface area contributed by atoms with Gasteiger partial charge in [0, 0.05) is 6.54 Å². The van der Waals surface area contributed by atoms with Crippen LogP contribution in [0.2, 0.25) is 5.02 Å². The molecule has 0 aliphatic rings. The second-order valence-corrected chi connectivity index (χ2v) is 4.04. The summed E-state index contributed by atoms with van der Waals surface area (Å²) in [6.07, 6.45) is 0.209. The van der Waals surface area contributed by atoms with Crippen LogP contribution in [0, 0.1) is 0 Å². The summed E-state index contributed by atoms with van der Waals surface area (Å²) in [6.45, 7) is 3.47. The molecule has 0 saturated carbocycles. The molecule has 0 bridgehead atoms. The Morgan fingerprint density at radius 3 is 2.81 bits per heavy atom. The highest BCUT2D eigenvalue weighted by atomic mass is 35.5. The maximum atomic E-state index is 9.71. The minimum atomic E-state index is -0.385. The molecular formula is C12H18ClNO2. The van der Waals surface area contributed by atoms with Crippen molar-refractivity contribution in [1.29, 1.82) is 0 Å². The van der Waals surface area contributed by atoms with E-state index in [1.54, 1.807) is 7.11 Å². The third kappa shape index (κ3) is 4.00. The Labute approximate surface area is 101 Å². The monoisotopic (exact) mass is 243 g/mol. The van der Waals surface area contributed by atoms with E-state index in [9.17, 15) is 5.11 Å². The summed E-state index contributed by atoms with van der Waals surface area (Å²) >= 11 is 6.00. The van der Waals surface area contributed by atoms with Gasteiger partial charge in [0.05, 0.1) is 18.2 Å². The molecule has 1 rings (SSSR count). The van der Waals surface area contributed by atoms with E-state index in [0.29, 0.717) is 23.7 Å². The molecule has 0 aromatic heterocycles.